The van der Waals surface area contributed by atoms with Crippen LogP contribution in [0.15, 0.2) is 63.8 Å². The quantitative estimate of drug-likeness (QED) is 0.302. The zero-order valence-electron chi connectivity index (χ0n) is 16.2. The molecule has 0 radical (unpaired) electrons. The maximum atomic E-state index is 13.1. The molecule has 0 fully saturated rings. The molecular formula is C22H10F6N2O2S. The zero-order valence-corrected chi connectivity index (χ0v) is 17.0. The molecule has 2 aromatic carbocycles. The highest BCUT2D eigenvalue weighted by Gasteiger charge is 2.37. The van der Waals surface area contributed by atoms with Gasteiger partial charge in [-0.3, -0.25) is 4.79 Å². The van der Waals surface area contributed by atoms with Crippen LogP contribution in [0.4, 0.5) is 26.3 Å². The van der Waals surface area contributed by atoms with E-state index >= 15 is 0 Å². The first kappa shape index (κ1) is 21.3. The van der Waals surface area contributed by atoms with Crippen molar-refractivity contribution in [3.63, 3.8) is 0 Å². The van der Waals surface area contributed by atoms with E-state index in [0.717, 1.165) is 11.3 Å². The van der Waals surface area contributed by atoms with Crippen molar-refractivity contribution in [2.75, 3.05) is 0 Å². The Hall–Kier alpha value is -3.60. The van der Waals surface area contributed by atoms with Crippen LogP contribution in [0.2, 0.25) is 0 Å². The summed E-state index contributed by atoms with van der Waals surface area (Å²) < 4.78 is 85.9. The molecule has 11 heteroatoms. The Bertz CT molecular complexity index is 1590. The maximum absolute atomic E-state index is 13.1. The molecule has 33 heavy (non-hydrogen) atoms. The van der Waals surface area contributed by atoms with Crippen molar-refractivity contribution >= 4 is 33.4 Å². The standard InChI is InChI=1S/C22H10F6N2O2S/c23-21(24,25)12-7-11(8-13(9-12)22(26,27)28)17-6-5-14(32-17)10-18-19(31)30-16-4-2-1-3-15(16)29-20(30)33-18/h1-10H. The van der Waals surface area contributed by atoms with E-state index in [-0.39, 0.29) is 33.2 Å². The molecule has 0 aliphatic rings. The van der Waals surface area contributed by atoms with Gasteiger partial charge >= 0.3 is 12.4 Å². The minimum atomic E-state index is -4.97. The van der Waals surface area contributed by atoms with Crippen molar-refractivity contribution in [3.8, 4) is 11.3 Å². The summed E-state index contributed by atoms with van der Waals surface area (Å²) in [5.41, 5.74) is -2.36. The number of halogens is 6. The van der Waals surface area contributed by atoms with E-state index in [1.165, 1.54) is 22.6 Å². The van der Waals surface area contributed by atoms with Crippen LogP contribution in [0.5, 0.6) is 0 Å². The summed E-state index contributed by atoms with van der Waals surface area (Å²) in [6, 6.07) is 10.9. The number of benzene rings is 2. The number of hydrogen-bond donors (Lipinski definition) is 0. The van der Waals surface area contributed by atoms with E-state index in [1.54, 1.807) is 24.3 Å². The van der Waals surface area contributed by atoms with Gasteiger partial charge in [0.2, 0.25) is 0 Å². The third-order valence-corrected chi connectivity index (χ3v) is 5.89. The highest BCUT2D eigenvalue weighted by atomic mass is 32.1. The maximum Gasteiger partial charge on any atom is 0.416 e. The molecule has 0 saturated carbocycles. The molecule has 0 amide bonds. The van der Waals surface area contributed by atoms with Crippen LogP contribution in [0.25, 0.3) is 33.4 Å². The van der Waals surface area contributed by atoms with E-state index in [1.807, 2.05) is 0 Å². The van der Waals surface area contributed by atoms with Gasteiger partial charge in [-0.15, -0.1) is 0 Å². The highest BCUT2D eigenvalue weighted by Crippen LogP contribution is 2.39. The van der Waals surface area contributed by atoms with Crippen molar-refractivity contribution in [2.24, 2.45) is 0 Å². The molecule has 3 heterocycles. The molecule has 0 aliphatic carbocycles. The van der Waals surface area contributed by atoms with Gasteiger partial charge in [0.25, 0.3) is 5.56 Å². The third-order valence-electron chi connectivity index (χ3n) is 4.92. The van der Waals surface area contributed by atoms with Crippen molar-refractivity contribution in [1.82, 2.24) is 9.38 Å². The molecule has 3 aromatic heterocycles. The first-order valence-corrected chi connectivity index (χ1v) is 10.1. The van der Waals surface area contributed by atoms with Crippen LogP contribution < -0.4 is 10.1 Å². The molecule has 5 aromatic rings. The second-order valence-corrected chi connectivity index (χ2v) is 8.14. The normalized spacial score (nSPS) is 13.5. The SMILES string of the molecule is O=c1c(=Cc2ccc(-c3cc(C(F)(F)F)cc(C(F)(F)F)c3)o2)sc2nc3ccccc3n12. The molecule has 5 rings (SSSR count). The van der Waals surface area contributed by atoms with Gasteiger partial charge in [0.1, 0.15) is 16.1 Å². The fourth-order valence-electron chi connectivity index (χ4n) is 3.42. The van der Waals surface area contributed by atoms with E-state index in [2.05, 4.69) is 4.98 Å². The average molecular weight is 480 g/mol. The molecule has 0 spiro atoms. The number of rotatable bonds is 2. The van der Waals surface area contributed by atoms with Crippen LogP contribution in [0.3, 0.4) is 0 Å². The predicted octanol–water partition coefficient (Wildman–Crippen LogP) is 5.75. The number of hydrogen-bond acceptors (Lipinski definition) is 4. The molecule has 0 atom stereocenters. The van der Waals surface area contributed by atoms with Crippen molar-refractivity contribution in [3.05, 3.63) is 86.4 Å². The second-order valence-electron chi connectivity index (χ2n) is 7.13. The molecule has 0 aliphatic heterocycles. The summed E-state index contributed by atoms with van der Waals surface area (Å²) in [5.74, 6) is -0.0982. The number of furan rings is 1. The summed E-state index contributed by atoms with van der Waals surface area (Å²) >= 11 is 1.09. The smallest absolute Gasteiger partial charge is 0.416 e. The fraction of sp³-hybridized carbons (Fsp3) is 0.0909. The largest absolute Gasteiger partial charge is 0.457 e. The Morgan fingerprint density at radius 2 is 1.58 bits per heavy atom. The summed E-state index contributed by atoms with van der Waals surface area (Å²) in [5, 5.41) is 0. The molecule has 0 bridgehead atoms. The Morgan fingerprint density at radius 1 is 0.909 bits per heavy atom. The lowest BCUT2D eigenvalue weighted by atomic mass is 10.0. The zero-order chi connectivity index (χ0) is 23.5. The van der Waals surface area contributed by atoms with Crippen molar-refractivity contribution < 1.29 is 30.8 Å². The van der Waals surface area contributed by atoms with Gasteiger partial charge in [-0.2, -0.15) is 26.3 Å². The summed E-state index contributed by atoms with van der Waals surface area (Å²) in [7, 11) is 0. The molecule has 0 unspecified atom stereocenters. The first-order chi connectivity index (χ1) is 15.5. The number of imidazole rings is 1. The van der Waals surface area contributed by atoms with Gasteiger partial charge in [-0.25, -0.2) is 9.38 Å². The number of alkyl halides is 6. The number of fused-ring (bicyclic) bond motifs is 3. The van der Waals surface area contributed by atoms with Gasteiger partial charge in [0, 0.05) is 11.6 Å². The Balaban J connectivity index is 1.60. The second kappa shape index (κ2) is 7.20. The van der Waals surface area contributed by atoms with Crippen LogP contribution in [-0.2, 0) is 12.4 Å². The van der Waals surface area contributed by atoms with Crippen LogP contribution in [0.1, 0.15) is 16.9 Å². The lowest BCUT2D eigenvalue weighted by Gasteiger charge is -2.13. The number of nitrogens with zero attached hydrogens (tertiary/aromatic N) is 2. The lowest BCUT2D eigenvalue weighted by Crippen LogP contribution is -2.22. The molecule has 0 N–H and O–H groups in total. The summed E-state index contributed by atoms with van der Waals surface area (Å²) in [6.45, 7) is 0. The van der Waals surface area contributed by atoms with Gasteiger partial charge in [-0.05, 0) is 42.5 Å². The van der Waals surface area contributed by atoms with E-state index in [9.17, 15) is 31.1 Å². The summed E-state index contributed by atoms with van der Waals surface area (Å²) in [6.07, 6.45) is -8.56. The number of aromatic nitrogens is 2. The molecular weight excluding hydrogens is 470 g/mol. The van der Waals surface area contributed by atoms with Crippen LogP contribution in [-0.4, -0.2) is 9.38 Å². The summed E-state index contributed by atoms with van der Waals surface area (Å²) in [4.78, 5) is 17.6. The minimum absolute atomic E-state index is 0.0505. The van der Waals surface area contributed by atoms with Gasteiger partial charge < -0.3 is 4.42 Å². The Labute approximate surface area is 184 Å². The average Bonchev–Trinajstić information content (AvgIpc) is 3.42. The molecule has 4 nitrogen and oxygen atoms in total. The monoisotopic (exact) mass is 480 g/mol. The topological polar surface area (TPSA) is 47.5 Å². The molecule has 0 saturated heterocycles. The third kappa shape index (κ3) is 3.78. The number of thiazole rings is 1. The fourth-order valence-corrected chi connectivity index (χ4v) is 4.39. The van der Waals surface area contributed by atoms with Crippen LogP contribution in [0, 0.1) is 0 Å². The minimum Gasteiger partial charge on any atom is -0.457 e. The van der Waals surface area contributed by atoms with Crippen molar-refractivity contribution in [2.45, 2.75) is 12.4 Å². The van der Waals surface area contributed by atoms with E-state index < -0.39 is 23.5 Å². The van der Waals surface area contributed by atoms with Crippen molar-refractivity contribution in [1.29, 1.82) is 0 Å². The highest BCUT2D eigenvalue weighted by molar-refractivity contribution is 7.15. The van der Waals surface area contributed by atoms with Gasteiger partial charge in [0.05, 0.1) is 22.2 Å². The Morgan fingerprint density at radius 3 is 2.24 bits per heavy atom. The van der Waals surface area contributed by atoms with E-state index in [4.69, 9.17) is 4.42 Å². The van der Waals surface area contributed by atoms with Gasteiger partial charge in [0.15, 0.2) is 4.96 Å². The molecule has 168 valence electrons. The number of para-hydroxylation sites is 2. The predicted molar refractivity (Wildman–Crippen MR) is 110 cm³/mol. The first-order valence-electron chi connectivity index (χ1n) is 9.32. The van der Waals surface area contributed by atoms with E-state index in [0.29, 0.717) is 28.1 Å². The van der Waals surface area contributed by atoms with Crippen LogP contribution >= 0.6 is 11.3 Å². The lowest BCUT2D eigenvalue weighted by molar-refractivity contribution is -0.143. The van der Waals surface area contributed by atoms with Gasteiger partial charge in [-0.1, -0.05) is 23.5 Å². The Kier molecular flexibility index (Phi) is 4.64.